The average Bonchev–Trinajstić information content (AvgIpc) is 2.84. The highest BCUT2D eigenvalue weighted by molar-refractivity contribution is 7.92. The minimum atomic E-state index is -3.31. The van der Waals surface area contributed by atoms with Crippen LogP contribution in [0.1, 0.15) is 17.4 Å². The summed E-state index contributed by atoms with van der Waals surface area (Å²) in [5.41, 5.74) is 1.37. The summed E-state index contributed by atoms with van der Waals surface area (Å²) >= 11 is 1.80. The number of fused-ring (bicyclic) bond motifs is 1. The van der Waals surface area contributed by atoms with Crippen LogP contribution in [0.25, 0.3) is 0 Å². The molecule has 0 saturated heterocycles. The molecule has 1 aromatic heterocycles. The van der Waals surface area contributed by atoms with E-state index in [1.807, 2.05) is 0 Å². The van der Waals surface area contributed by atoms with E-state index < -0.39 is 21.0 Å². The highest BCUT2D eigenvalue weighted by Crippen LogP contribution is 2.23. The first kappa shape index (κ1) is 15.5. The fourth-order valence-electron chi connectivity index (χ4n) is 2.17. The van der Waals surface area contributed by atoms with E-state index in [2.05, 4.69) is 21.7 Å². The summed E-state index contributed by atoms with van der Waals surface area (Å²) in [6, 6.07) is 2.15. The number of hydrogen-bond donors (Lipinski definition) is 1. The zero-order chi connectivity index (χ0) is 14.8. The summed E-state index contributed by atoms with van der Waals surface area (Å²) in [5, 5.41) is 3.83. The van der Waals surface area contributed by atoms with Gasteiger partial charge >= 0.3 is 0 Å². The van der Waals surface area contributed by atoms with Crippen LogP contribution >= 0.6 is 11.3 Å². The number of nitrogens with one attached hydrogen (secondary N) is 1. The molecule has 1 unspecified atom stereocenters. The maximum atomic E-state index is 11.7. The van der Waals surface area contributed by atoms with Crippen molar-refractivity contribution in [3.8, 4) is 0 Å². The normalized spacial score (nSPS) is 17.5. The lowest BCUT2D eigenvalue weighted by molar-refractivity contribution is -0.120. The number of rotatable bonds is 5. The minimum absolute atomic E-state index is 0.416. The van der Waals surface area contributed by atoms with E-state index in [1.165, 1.54) is 17.4 Å². The van der Waals surface area contributed by atoms with Crippen molar-refractivity contribution in [2.24, 2.45) is 0 Å². The Morgan fingerprint density at radius 2 is 2.30 bits per heavy atom. The standard InChI is InChI=1S/C13H20N2O3S2/c1-10(20(2,17)18)13(16)14-5-7-15-6-3-12-11(9-15)4-8-19-12/h4,8,10H,3,5-7,9H2,1-2H3,(H,14,16). The van der Waals surface area contributed by atoms with Crippen molar-refractivity contribution in [1.29, 1.82) is 0 Å². The Kier molecular flexibility index (Phi) is 4.82. The molecule has 0 aliphatic carbocycles. The second-order valence-electron chi connectivity index (χ2n) is 5.16. The number of carbonyl (C=O) groups excluding carboxylic acids is 1. The van der Waals surface area contributed by atoms with E-state index >= 15 is 0 Å². The third-order valence-electron chi connectivity index (χ3n) is 3.63. The Labute approximate surface area is 123 Å². The number of thiophene rings is 1. The first-order valence-corrected chi connectivity index (χ1v) is 9.45. The van der Waals surface area contributed by atoms with Gasteiger partial charge in [0, 0.05) is 37.3 Å². The summed E-state index contributed by atoms with van der Waals surface area (Å²) in [6.07, 6.45) is 2.14. The van der Waals surface area contributed by atoms with Gasteiger partial charge in [-0.2, -0.15) is 0 Å². The van der Waals surface area contributed by atoms with Crippen LogP contribution < -0.4 is 5.32 Å². The van der Waals surface area contributed by atoms with Crippen LogP contribution in [0.3, 0.4) is 0 Å². The molecule has 1 amide bonds. The number of nitrogens with zero attached hydrogens (tertiary/aromatic N) is 1. The molecule has 112 valence electrons. The van der Waals surface area contributed by atoms with Crippen LogP contribution in [0.5, 0.6) is 0 Å². The fourth-order valence-corrected chi connectivity index (χ4v) is 3.54. The minimum Gasteiger partial charge on any atom is -0.354 e. The zero-order valence-corrected chi connectivity index (χ0v) is 13.4. The maximum absolute atomic E-state index is 11.7. The second-order valence-corrected chi connectivity index (χ2v) is 8.52. The molecular formula is C13H20N2O3S2. The van der Waals surface area contributed by atoms with Gasteiger partial charge in [0.2, 0.25) is 5.91 Å². The molecular weight excluding hydrogens is 296 g/mol. The predicted molar refractivity (Wildman–Crippen MR) is 80.6 cm³/mol. The summed E-state index contributed by atoms with van der Waals surface area (Å²) in [4.78, 5) is 15.4. The lowest BCUT2D eigenvalue weighted by Crippen LogP contribution is -2.42. The van der Waals surface area contributed by atoms with E-state index in [0.29, 0.717) is 6.54 Å². The number of amides is 1. The fraction of sp³-hybridized carbons (Fsp3) is 0.615. The van der Waals surface area contributed by atoms with Crippen LogP contribution in [0.4, 0.5) is 0 Å². The van der Waals surface area contributed by atoms with Gasteiger partial charge < -0.3 is 5.32 Å². The third kappa shape index (κ3) is 3.80. The van der Waals surface area contributed by atoms with Crippen molar-refractivity contribution in [3.05, 3.63) is 21.9 Å². The summed E-state index contributed by atoms with van der Waals surface area (Å²) in [5.74, 6) is -0.416. The molecule has 7 heteroatoms. The van der Waals surface area contributed by atoms with E-state index in [-0.39, 0.29) is 0 Å². The highest BCUT2D eigenvalue weighted by Gasteiger charge is 2.23. The first-order chi connectivity index (χ1) is 9.38. The lowest BCUT2D eigenvalue weighted by atomic mass is 10.1. The van der Waals surface area contributed by atoms with Gasteiger partial charge in [0.05, 0.1) is 0 Å². The van der Waals surface area contributed by atoms with Crippen molar-refractivity contribution in [1.82, 2.24) is 10.2 Å². The number of carbonyl (C=O) groups is 1. The van der Waals surface area contributed by atoms with Crippen molar-refractivity contribution >= 4 is 27.1 Å². The smallest absolute Gasteiger partial charge is 0.238 e. The van der Waals surface area contributed by atoms with Gasteiger partial charge in [0.1, 0.15) is 5.25 Å². The van der Waals surface area contributed by atoms with E-state index in [1.54, 1.807) is 11.3 Å². The van der Waals surface area contributed by atoms with Gasteiger partial charge in [-0.1, -0.05) is 0 Å². The second kappa shape index (κ2) is 6.24. The van der Waals surface area contributed by atoms with Gasteiger partial charge in [-0.15, -0.1) is 11.3 Å². The van der Waals surface area contributed by atoms with Crippen molar-refractivity contribution < 1.29 is 13.2 Å². The molecule has 0 saturated carbocycles. The molecule has 1 aliphatic heterocycles. The Bertz CT molecular complexity index is 580. The molecule has 0 fully saturated rings. The molecule has 0 spiro atoms. The van der Waals surface area contributed by atoms with Crippen LogP contribution in [0.2, 0.25) is 0 Å². The molecule has 2 rings (SSSR count). The predicted octanol–water partition coefficient (Wildman–Crippen LogP) is 0.655. The van der Waals surface area contributed by atoms with E-state index in [9.17, 15) is 13.2 Å². The third-order valence-corrected chi connectivity index (χ3v) is 6.15. The van der Waals surface area contributed by atoms with Gasteiger partial charge in [-0.05, 0) is 30.4 Å². The van der Waals surface area contributed by atoms with Crippen LogP contribution in [-0.2, 0) is 27.6 Å². The topological polar surface area (TPSA) is 66.5 Å². The lowest BCUT2D eigenvalue weighted by Gasteiger charge is -2.26. The van der Waals surface area contributed by atoms with Gasteiger partial charge in [0.25, 0.3) is 0 Å². The molecule has 1 aliphatic rings. The van der Waals surface area contributed by atoms with E-state index in [4.69, 9.17) is 0 Å². The molecule has 1 atom stereocenters. The van der Waals surface area contributed by atoms with Crippen LogP contribution in [-0.4, -0.2) is 50.4 Å². The SMILES string of the molecule is CC(C(=O)NCCN1CCc2sccc2C1)S(C)(=O)=O. The molecule has 0 bridgehead atoms. The number of sulfone groups is 1. The largest absolute Gasteiger partial charge is 0.354 e. The van der Waals surface area contributed by atoms with Crippen molar-refractivity contribution in [2.75, 3.05) is 25.9 Å². The number of hydrogen-bond acceptors (Lipinski definition) is 5. The quantitative estimate of drug-likeness (QED) is 0.866. The summed E-state index contributed by atoms with van der Waals surface area (Å²) in [7, 11) is -3.31. The maximum Gasteiger partial charge on any atom is 0.238 e. The average molecular weight is 316 g/mol. The van der Waals surface area contributed by atoms with Gasteiger partial charge in [0.15, 0.2) is 9.84 Å². The van der Waals surface area contributed by atoms with E-state index in [0.717, 1.165) is 32.3 Å². The molecule has 0 radical (unpaired) electrons. The van der Waals surface area contributed by atoms with Gasteiger partial charge in [-0.3, -0.25) is 9.69 Å². The zero-order valence-electron chi connectivity index (χ0n) is 11.8. The molecule has 0 aromatic carbocycles. The highest BCUT2D eigenvalue weighted by atomic mass is 32.2. The molecule has 2 heterocycles. The first-order valence-electron chi connectivity index (χ1n) is 6.62. The Hall–Kier alpha value is -0.920. The Morgan fingerprint density at radius 3 is 3.00 bits per heavy atom. The van der Waals surface area contributed by atoms with Crippen LogP contribution in [0, 0.1) is 0 Å². The van der Waals surface area contributed by atoms with Crippen LogP contribution in [0.15, 0.2) is 11.4 Å². The molecule has 20 heavy (non-hydrogen) atoms. The summed E-state index contributed by atoms with van der Waals surface area (Å²) < 4.78 is 22.6. The Morgan fingerprint density at radius 1 is 1.55 bits per heavy atom. The molecule has 5 nitrogen and oxygen atoms in total. The van der Waals surface area contributed by atoms with Gasteiger partial charge in [-0.25, -0.2) is 8.42 Å². The Balaban J connectivity index is 1.76. The summed E-state index contributed by atoms with van der Waals surface area (Å²) in [6.45, 7) is 4.56. The molecule has 1 N–H and O–H groups in total. The van der Waals surface area contributed by atoms with Crippen molar-refractivity contribution in [2.45, 2.75) is 25.1 Å². The van der Waals surface area contributed by atoms with Crippen molar-refractivity contribution in [3.63, 3.8) is 0 Å². The monoisotopic (exact) mass is 316 g/mol. The molecule has 1 aromatic rings.